The van der Waals surface area contributed by atoms with Crippen LogP contribution in [0.15, 0.2) is 340 Å². The Morgan fingerprint density at radius 3 is 0.767 bits per heavy atom. The van der Waals surface area contributed by atoms with Gasteiger partial charge in [0.1, 0.15) is 0 Å². The summed E-state index contributed by atoms with van der Waals surface area (Å²) >= 11 is 0. The largest absolute Gasteiger partial charge is 0.247 e. The van der Waals surface area contributed by atoms with Crippen molar-refractivity contribution >= 4 is 123 Å². The van der Waals surface area contributed by atoms with E-state index in [4.69, 9.17) is 9.97 Å². The van der Waals surface area contributed by atoms with Crippen LogP contribution in [0.1, 0.15) is 158 Å². The second kappa shape index (κ2) is 30.0. The topological polar surface area (TPSA) is 25.8 Å². The second-order valence-electron chi connectivity index (χ2n) is 38.6. The number of benzene rings is 15. The van der Waals surface area contributed by atoms with Crippen molar-refractivity contribution < 1.29 is 0 Å². The van der Waals surface area contributed by atoms with Gasteiger partial charge in [-0.1, -0.05) is 452 Å². The zero-order valence-electron chi connectivity index (χ0n) is 71.2. The molecule has 576 valence electrons. The van der Waals surface area contributed by atoms with E-state index in [-0.39, 0.29) is 32.5 Å². The summed E-state index contributed by atoms with van der Waals surface area (Å²) < 4.78 is 0. The fourth-order valence-corrected chi connectivity index (χ4v) is 27.3. The molecule has 2 heterocycles. The Hall–Kier alpha value is -11.4. The molecule has 0 amide bonds. The summed E-state index contributed by atoms with van der Waals surface area (Å²) in [6.45, 7) is 41.5. The summed E-state index contributed by atoms with van der Waals surface area (Å²) in [6.07, 6.45) is 0. The molecule has 4 heteroatoms. The summed E-state index contributed by atoms with van der Waals surface area (Å²) in [4.78, 5) is 11.1. The summed E-state index contributed by atoms with van der Waals surface area (Å²) in [5, 5.41) is 23.2. The quantitative estimate of drug-likeness (QED) is 0.0733. The normalized spacial score (nSPS) is 12.7. The highest BCUT2D eigenvalue weighted by Gasteiger charge is 2.45. The lowest BCUT2D eigenvalue weighted by Gasteiger charge is -2.36. The molecular formula is C112H110N2Si2. The van der Waals surface area contributed by atoms with Crippen LogP contribution in [0.2, 0.25) is 0 Å². The van der Waals surface area contributed by atoms with Crippen LogP contribution in [0.4, 0.5) is 0 Å². The van der Waals surface area contributed by atoms with Gasteiger partial charge in [-0.2, -0.15) is 0 Å². The van der Waals surface area contributed by atoms with Gasteiger partial charge >= 0.3 is 0 Å². The molecule has 0 saturated carbocycles. The molecule has 0 bridgehead atoms. The number of nitrogens with zero attached hydrogens (tertiary/aromatic N) is 2. The molecular weight excluding hydrogens is 1430 g/mol. The Morgan fingerprint density at radius 1 is 0.181 bits per heavy atom. The molecule has 0 aliphatic heterocycles. The van der Waals surface area contributed by atoms with Gasteiger partial charge in [0.2, 0.25) is 0 Å². The van der Waals surface area contributed by atoms with E-state index >= 15 is 0 Å². The molecule has 0 N–H and O–H groups in total. The average Bonchev–Trinajstić information content (AvgIpc) is 0.745. The van der Waals surface area contributed by atoms with Crippen LogP contribution in [-0.2, 0) is 32.5 Å². The first-order chi connectivity index (χ1) is 55.3. The lowest BCUT2D eigenvalue weighted by molar-refractivity contribution is 0.590. The van der Waals surface area contributed by atoms with Crippen molar-refractivity contribution in [2.24, 2.45) is 0 Å². The Kier molecular flexibility index (Phi) is 20.3. The van der Waals surface area contributed by atoms with Crippen molar-refractivity contribution in [2.75, 3.05) is 0 Å². The fourth-order valence-electron chi connectivity index (χ4n) is 17.8. The number of hydrogen-bond donors (Lipinski definition) is 0. The number of fused-ring (bicyclic) bond motifs is 10. The molecule has 116 heavy (non-hydrogen) atoms. The molecule has 0 aliphatic carbocycles. The van der Waals surface area contributed by atoms with E-state index in [1.54, 1.807) is 0 Å². The molecule has 0 fully saturated rings. The van der Waals surface area contributed by atoms with E-state index in [1.807, 2.05) is 0 Å². The fraction of sp³-hybridized carbons (Fsp3) is 0.214. The van der Waals surface area contributed by atoms with E-state index in [0.29, 0.717) is 0 Å². The molecule has 0 radical (unpaired) electrons. The third-order valence-electron chi connectivity index (χ3n) is 24.6. The third kappa shape index (κ3) is 14.7. The SMILES string of the molecule is CC(C)(C)c1ccc([Si](c2ccc(C(C)(C)C)cc2)(c2ccc(C(C)(C)C)cc2)c2ccc3c(c2)nc(-c2ccccc2)c2ccc4ccccc4c23)cc1.CC(C)(C)c1ccc([Si](c2ccc(C(C)(C)C)cc2)(c2ccc(C(C)(C)C)cc2)c2cccc(-c3ccc4c(c3)nc(-c3ccccc3)c3ccc5ccccc5c34)c2)cc1. The van der Waals surface area contributed by atoms with Crippen LogP contribution in [-0.4, -0.2) is 26.1 Å². The van der Waals surface area contributed by atoms with Gasteiger partial charge in [0, 0.05) is 43.4 Å². The summed E-state index contributed by atoms with van der Waals surface area (Å²) in [6, 6.07) is 129. The standard InChI is InChI=1S/C59H57NSi.C53H53NSi/c1-57(2,3)44-24-30-47(31-25-44)61(48-32-26-45(27-33-48)58(4,5)6,49-34-28-46(29-35-49)59(7,8)9)50-20-15-19-42(38-50)43-23-36-52-54(39-43)60-56(41-17-11-10-12-18-41)53-37-22-40-16-13-14-21-51(40)55(52)53;1-51(2,3)38-20-26-41(27-21-38)55(42-28-22-39(23-29-42)52(4,5)6,43-30-24-40(25-31-43)53(7,8)9)44-32-34-46-48(35-44)54-50(37-16-11-10-12-17-37)47-33-19-36-15-13-14-18-45(36)49(46)47/h10-39H,1-9H3;10-35H,1-9H3. The minimum absolute atomic E-state index is 0.0491. The number of hydrogen-bond acceptors (Lipinski definition) is 2. The molecule has 0 aliphatic rings. The summed E-state index contributed by atoms with van der Waals surface area (Å²) in [5.74, 6) is 0. The second-order valence-corrected chi connectivity index (χ2v) is 46.2. The predicted octanol–water partition coefficient (Wildman–Crippen LogP) is 24.6. The Morgan fingerprint density at radius 2 is 0.440 bits per heavy atom. The number of aromatic nitrogens is 2. The molecule has 15 aromatic carbocycles. The van der Waals surface area contributed by atoms with E-state index in [9.17, 15) is 0 Å². The number of rotatable bonds is 11. The van der Waals surface area contributed by atoms with Gasteiger partial charge < -0.3 is 0 Å². The molecule has 2 nitrogen and oxygen atoms in total. The average molecular weight is 1540 g/mol. The van der Waals surface area contributed by atoms with E-state index < -0.39 is 16.1 Å². The van der Waals surface area contributed by atoms with Crippen molar-refractivity contribution in [3.8, 4) is 33.6 Å². The minimum atomic E-state index is -2.92. The molecule has 0 unspecified atom stereocenters. The van der Waals surface area contributed by atoms with Crippen molar-refractivity contribution in [1.82, 2.24) is 9.97 Å². The van der Waals surface area contributed by atoms with Crippen molar-refractivity contribution in [3.05, 3.63) is 373 Å². The highest BCUT2D eigenvalue weighted by Crippen LogP contribution is 2.41. The first-order valence-electron chi connectivity index (χ1n) is 41.7. The van der Waals surface area contributed by atoms with Crippen LogP contribution in [0, 0.1) is 0 Å². The smallest absolute Gasteiger partial charge is 0.179 e. The maximum Gasteiger partial charge on any atom is 0.179 e. The first kappa shape index (κ1) is 78.5. The van der Waals surface area contributed by atoms with Gasteiger partial charge in [-0.05, 0) is 152 Å². The van der Waals surface area contributed by atoms with Gasteiger partial charge in [0.15, 0.2) is 16.1 Å². The van der Waals surface area contributed by atoms with E-state index in [0.717, 1.165) is 39.1 Å². The van der Waals surface area contributed by atoms with Crippen LogP contribution in [0.5, 0.6) is 0 Å². The van der Waals surface area contributed by atoms with Gasteiger partial charge in [0.05, 0.1) is 22.4 Å². The van der Waals surface area contributed by atoms with Gasteiger partial charge in [0.25, 0.3) is 0 Å². The molecule has 17 aromatic rings. The molecule has 0 spiro atoms. The zero-order chi connectivity index (χ0) is 81.5. The predicted molar refractivity (Wildman–Crippen MR) is 509 cm³/mol. The maximum atomic E-state index is 5.60. The number of pyridine rings is 2. The van der Waals surface area contributed by atoms with Gasteiger partial charge in [-0.3, -0.25) is 0 Å². The van der Waals surface area contributed by atoms with Gasteiger partial charge in [-0.15, -0.1) is 0 Å². The van der Waals surface area contributed by atoms with Crippen LogP contribution in [0.3, 0.4) is 0 Å². The Labute approximate surface area is 691 Å². The monoisotopic (exact) mass is 1540 g/mol. The van der Waals surface area contributed by atoms with E-state index in [2.05, 4.69) is 464 Å². The zero-order valence-corrected chi connectivity index (χ0v) is 73.2. The lowest BCUT2D eigenvalue weighted by atomic mass is 9.87. The van der Waals surface area contributed by atoms with Crippen LogP contribution >= 0.6 is 0 Å². The summed E-state index contributed by atoms with van der Waals surface area (Å²) in [5.41, 5.74) is 17.1. The van der Waals surface area contributed by atoms with Crippen LogP contribution < -0.4 is 41.5 Å². The molecule has 17 rings (SSSR count). The highest BCUT2D eigenvalue weighted by atomic mass is 28.3. The summed E-state index contributed by atoms with van der Waals surface area (Å²) in [7, 11) is -5.82. The molecule has 0 saturated heterocycles. The van der Waals surface area contributed by atoms with E-state index in [1.165, 1.54) is 134 Å². The van der Waals surface area contributed by atoms with Crippen molar-refractivity contribution in [2.45, 2.75) is 157 Å². The molecule has 2 aromatic heterocycles. The van der Waals surface area contributed by atoms with Crippen molar-refractivity contribution in [1.29, 1.82) is 0 Å². The Balaban J connectivity index is 0.000000175. The van der Waals surface area contributed by atoms with Crippen LogP contribution in [0.25, 0.3) is 98.5 Å². The Bertz CT molecular complexity index is 6200. The lowest BCUT2D eigenvalue weighted by Crippen LogP contribution is -2.74. The first-order valence-corrected chi connectivity index (χ1v) is 45.7. The van der Waals surface area contributed by atoms with Gasteiger partial charge in [-0.25, -0.2) is 9.97 Å². The minimum Gasteiger partial charge on any atom is -0.247 e. The maximum absolute atomic E-state index is 5.60. The molecule has 0 atom stereocenters. The highest BCUT2D eigenvalue weighted by molar-refractivity contribution is 7.20. The van der Waals surface area contributed by atoms with Crippen molar-refractivity contribution in [3.63, 3.8) is 0 Å². The third-order valence-corrected chi connectivity index (χ3v) is 34.2.